The summed E-state index contributed by atoms with van der Waals surface area (Å²) in [6, 6.07) is 94.1. The van der Waals surface area contributed by atoms with Gasteiger partial charge in [0, 0.05) is 17.1 Å². The highest BCUT2D eigenvalue weighted by Gasteiger charge is 2.23. The Labute approximate surface area is 415 Å². The van der Waals surface area contributed by atoms with Crippen molar-refractivity contribution in [3.8, 4) is 55.6 Å². The summed E-state index contributed by atoms with van der Waals surface area (Å²) in [6.07, 6.45) is 8.83. The standard InChI is InChI=1S/C70H49N/c1-5-18-48(19-6-1)50-36-40-57(41-37-50)71(58-42-38-51(39-43-58)49-20-7-2-8-21-49)59-44-45-64-67(46-59)62-29-15-16-30-63(62)69-66(53-22-9-3-10-23-53)47-65(68(70(64)69)56-25-11-4-12-26-56)55-34-32-54(33-35-55)61-31-17-27-52-24-13-14-28-60(52)61/h1-7,9-20,22-47H,8,21H2. The van der Waals surface area contributed by atoms with E-state index in [0.717, 1.165) is 29.9 Å². The van der Waals surface area contributed by atoms with E-state index in [1.807, 2.05) is 0 Å². The molecule has 0 atom stereocenters. The Morgan fingerprint density at radius 2 is 0.803 bits per heavy atom. The maximum Gasteiger partial charge on any atom is 0.0468 e. The molecule has 0 bridgehead atoms. The van der Waals surface area contributed by atoms with Gasteiger partial charge in [-0.05, 0) is 165 Å². The lowest BCUT2D eigenvalue weighted by molar-refractivity contribution is 1.05. The number of rotatable bonds is 9. The average molecular weight is 904 g/mol. The maximum atomic E-state index is 2.46. The van der Waals surface area contributed by atoms with Crippen LogP contribution in [0.25, 0.3) is 104 Å². The van der Waals surface area contributed by atoms with Crippen LogP contribution in [0.3, 0.4) is 0 Å². The first kappa shape index (κ1) is 42.1. The molecule has 1 nitrogen and oxygen atoms in total. The van der Waals surface area contributed by atoms with Crippen molar-refractivity contribution in [3.63, 3.8) is 0 Å². The van der Waals surface area contributed by atoms with Gasteiger partial charge in [-0.25, -0.2) is 0 Å². The molecule has 0 saturated carbocycles. The topological polar surface area (TPSA) is 3.24 Å². The van der Waals surface area contributed by atoms with Gasteiger partial charge >= 0.3 is 0 Å². The number of fused-ring (bicyclic) bond motifs is 7. The molecule has 71 heavy (non-hydrogen) atoms. The number of benzene rings is 12. The maximum absolute atomic E-state index is 2.46. The van der Waals surface area contributed by atoms with Gasteiger partial charge in [0.25, 0.3) is 0 Å². The highest BCUT2D eigenvalue weighted by Crippen LogP contribution is 2.50. The van der Waals surface area contributed by atoms with E-state index in [2.05, 4.69) is 278 Å². The summed E-state index contributed by atoms with van der Waals surface area (Å²) in [5, 5.41) is 9.92. The van der Waals surface area contributed by atoms with Crippen LogP contribution in [0.4, 0.5) is 17.1 Å². The Morgan fingerprint density at radius 1 is 0.296 bits per heavy atom. The summed E-state index contributed by atoms with van der Waals surface area (Å²) >= 11 is 0. The molecule has 12 aromatic rings. The summed E-state index contributed by atoms with van der Waals surface area (Å²) in [7, 11) is 0. The van der Waals surface area contributed by atoms with Gasteiger partial charge in [-0.2, -0.15) is 0 Å². The van der Waals surface area contributed by atoms with E-state index in [9.17, 15) is 0 Å². The van der Waals surface area contributed by atoms with E-state index in [1.165, 1.54) is 110 Å². The molecule has 334 valence electrons. The second-order valence-corrected chi connectivity index (χ2v) is 18.7. The second kappa shape index (κ2) is 18.1. The fourth-order valence-electron chi connectivity index (χ4n) is 11.1. The Kier molecular flexibility index (Phi) is 10.7. The van der Waals surface area contributed by atoms with Crippen LogP contribution in [-0.4, -0.2) is 0 Å². The number of nitrogens with zero attached hydrogens (tertiary/aromatic N) is 1. The van der Waals surface area contributed by atoms with E-state index >= 15 is 0 Å². The molecule has 0 saturated heterocycles. The summed E-state index contributed by atoms with van der Waals surface area (Å²) in [5.41, 5.74) is 18.0. The molecule has 0 spiro atoms. The van der Waals surface area contributed by atoms with Gasteiger partial charge in [-0.1, -0.05) is 231 Å². The summed E-state index contributed by atoms with van der Waals surface area (Å²) in [6.45, 7) is 0. The van der Waals surface area contributed by atoms with Crippen LogP contribution in [0, 0.1) is 0 Å². The van der Waals surface area contributed by atoms with Crippen LogP contribution in [0.5, 0.6) is 0 Å². The van der Waals surface area contributed by atoms with Crippen molar-refractivity contribution in [1.29, 1.82) is 0 Å². The normalized spacial score (nSPS) is 12.4. The first-order valence-corrected chi connectivity index (χ1v) is 24.8. The Morgan fingerprint density at radius 3 is 1.48 bits per heavy atom. The largest absolute Gasteiger partial charge is 0.310 e. The van der Waals surface area contributed by atoms with E-state index < -0.39 is 0 Å². The zero-order valence-electron chi connectivity index (χ0n) is 39.3. The molecule has 0 N–H and O–H groups in total. The molecule has 12 aromatic carbocycles. The van der Waals surface area contributed by atoms with Gasteiger partial charge in [0.05, 0.1) is 0 Å². The smallest absolute Gasteiger partial charge is 0.0468 e. The lowest BCUT2D eigenvalue weighted by atomic mass is 9.81. The van der Waals surface area contributed by atoms with Crippen molar-refractivity contribution in [2.75, 3.05) is 4.90 Å². The van der Waals surface area contributed by atoms with Gasteiger partial charge in [-0.15, -0.1) is 0 Å². The highest BCUT2D eigenvalue weighted by molar-refractivity contribution is 6.33. The summed E-state index contributed by atoms with van der Waals surface area (Å²) in [4.78, 5) is 2.42. The Balaban J connectivity index is 1.06. The van der Waals surface area contributed by atoms with Crippen molar-refractivity contribution >= 4 is 65.7 Å². The van der Waals surface area contributed by atoms with Gasteiger partial charge < -0.3 is 4.90 Å². The lowest BCUT2D eigenvalue weighted by Gasteiger charge is -2.27. The molecule has 0 radical (unpaired) electrons. The third kappa shape index (κ3) is 7.69. The summed E-state index contributed by atoms with van der Waals surface area (Å²) < 4.78 is 0. The quantitative estimate of drug-likeness (QED) is 0.130. The van der Waals surface area contributed by atoms with Crippen LogP contribution in [0.1, 0.15) is 18.4 Å². The number of anilines is 3. The number of hydrogen-bond acceptors (Lipinski definition) is 1. The fourth-order valence-corrected chi connectivity index (χ4v) is 11.1. The molecule has 0 fully saturated rings. The van der Waals surface area contributed by atoms with Crippen LogP contribution in [0.2, 0.25) is 0 Å². The molecule has 0 aliphatic heterocycles. The van der Waals surface area contributed by atoms with E-state index in [1.54, 1.807) is 0 Å². The predicted molar refractivity (Wildman–Crippen MR) is 305 cm³/mol. The minimum Gasteiger partial charge on any atom is -0.310 e. The Bertz CT molecular complexity index is 3970. The molecule has 1 aliphatic rings. The third-order valence-electron chi connectivity index (χ3n) is 14.5. The SMILES string of the molecule is C1=CCCC(c2ccc(N(c3ccc(-c4ccccc4)cc3)c3ccc4c(c3)c3ccccc3c3c(-c5ccccc5)cc(-c5ccc(-c6cccc7ccccc67)cc5)c(-c5ccccc5)c43)cc2)=C1. The molecule has 1 heteroatoms. The van der Waals surface area contributed by atoms with Crippen LogP contribution in [0.15, 0.2) is 273 Å². The van der Waals surface area contributed by atoms with Crippen LogP contribution >= 0.6 is 0 Å². The first-order valence-electron chi connectivity index (χ1n) is 24.8. The van der Waals surface area contributed by atoms with Crippen molar-refractivity contribution < 1.29 is 0 Å². The van der Waals surface area contributed by atoms with E-state index in [4.69, 9.17) is 0 Å². The van der Waals surface area contributed by atoms with E-state index in [-0.39, 0.29) is 0 Å². The second-order valence-electron chi connectivity index (χ2n) is 18.7. The zero-order valence-corrected chi connectivity index (χ0v) is 39.3. The zero-order chi connectivity index (χ0) is 47.1. The highest BCUT2D eigenvalue weighted by atomic mass is 15.1. The predicted octanol–water partition coefficient (Wildman–Crippen LogP) is 19.8. The van der Waals surface area contributed by atoms with Crippen LogP contribution in [-0.2, 0) is 0 Å². The Hall–Kier alpha value is -9.04. The van der Waals surface area contributed by atoms with Crippen molar-refractivity contribution in [1.82, 2.24) is 0 Å². The van der Waals surface area contributed by atoms with Gasteiger partial charge in [0.2, 0.25) is 0 Å². The van der Waals surface area contributed by atoms with Crippen molar-refractivity contribution in [2.45, 2.75) is 12.8 Å². The molecular formula is C70H49N. The van der Waals surface area contributed by atoms with Gasteiger partial charge in [-0.3, -0.25) is 0 Å². The number of allylic oxidation sites excluding steroid dienone is 4. The first-order chi connectivity index (χ1) is 35.2. The molecule has 0 unspecified atom stereocenters. The molecule has 0 aromatic heterocycles. The molecular weight excluding hydrogens is 855 g/mol. The number of hydrogen-bond donors (Lipinski definition) is 0. The molecule has 13 rings (SSSR count). The molecule has 0 amide bonds. The van der Waals surface area contributed by atoms with Gasteiger partial charge in [0.1, 0.15) is 0 Å². The lowest BCUT2D eigenvalue weighted by Crippen LogP contribution is -2.10. The monoisotopic (exact) mass is 903 g/mol. The minimum absolute atomic E-state index is 1.06. The van der Waals surface area contributed by atoms with Crippen molar-refractivity contribution in [2.24, 2.45) is 0 Å². The third-order valence-corrected chi connectivity index (χ3v) is 14.5. The fraction of sp³-hybridized carbons (Fsp3) is 0.0286. The van der Waals surface area contributed by atoms with Crippen molar-refractivity contribution in [3.05, 3.63) is 279 Å². The minimum atomic E-state index is 1.06. The average Bonchev–Trinajstić information content (AvgIpc) is 3.46. The molecule has 1 aliphatic carbocycles. The van der Waals surface area contributed by atoms with Gasteiger partial charge in [0.15, 0.2) is 0 Å². The van der Waals surface area contributed by atoms with E-state index in [0.29, 0.717) is 0 Å². The van der Waals surface area contributed by atoms with Crippen LogP contribution < -0.4 is 4.90 Å². The molecule has 0 heterocycles. The summed E-state index contributed by atoms with van der Waals surface area (Å²) in [5.74, 6) is 0.